The molecule has 482 valence electrons. The zero-order valence-corrected chi connectivity index (χ0v) is 58.0. The van der Waals surface area contributed by atoms with Gasteiger partial charge in [-0.05, 0) is 262 Å². The summed E-state index contributed by atoms with van der Waals surface area (Å²) >= 11 is 0. The number of hydrogen-bond acceptors (Lipinski definition) is 2. The van der Waals surface area contributed by atoms with Crippen molar-refractivity contribution in [1.29, 1.82) is 0 Å². The first kappa shape index (κ1) is 59.7. The molecule has 0 saturated heterocycles. The Morgan fingerprint density at radius 2 is 0.789 bits per heavy atom. The molecule has 5 heteroatoms. The van der Waals surface area contributed by atoms with Crippen LogP contribution < -0.4 is 26.2 Å². The average molecular weight is 1250 g/mol. The van der Waals surface area contributed by atoms with Gasteiger partial charge in [0, 0.05) is 67.5 Å². The Hall–Kier alpha value is -7.76. The van der Waals surface area contributed by atoms with Crippen molar-refractivity contribution in [1.82, 2.24) is 9.13 Å². The highest BCUT2D eigenvalue weighted by molar-refractivity contribution is 7.00. The van der Waals surface area contributed by atoms with Gasteiger partial charge in [-0.25, -0.2) is 0 Å². The molecule has 7 aromatic carbocycles. The third-order valence-electron chi connectivity index (χ3n) is 24.6. The number of benzene rings is 7. The van der Waals surface area contributed by atoms with Crippen LogP contribution in [0, 0.1) is 23.7 Å². The van der Waals surface area contributed by atoms with Crippen LogP contribution in [0.15, 0.2) is 198 Å². The van der Waals surface area contributed by atoms with E-state index in [0.717, 1.165) is 51.4 Å². The molecule has 0 radical (unpaired) electrons. The van der Waals surface area contributed by atoms with Crippen molar-refractivity contribution in [3.63, 3.8) is 0 Å². The molecule has 0 N–H and O–H groups in total. The lowest BCUT2D eigenvalue weighted by atomic mass is 9.33. The van der Waals surface area contributed by atoms with Crippen molar-refractivity contribution in [3.05, 3.63) is 221 Å². The Morgan fingerprint density at radius 3 is 1.14 bits per heavy atom. The van der Waals surface area contributed by atoms with Crippen LogP contribution in [0.4, 0.5) is 22.7 Å². The molecule has 17 rings (SSSR count). The predicted octanol–water partition coefficient (Wildman–Crippen LogP) is 22.9. The van der Waals surface area contributed by atoms with E-state index < -0.39 is 0 Å². The van der Waals surface area contributed by atoms with Crippen molar-refractivity contribution < 1.29 is 1.37 Å². The molecule has 0 spiro atoms. The number of fused-ring (bicyclic) bond motifs is 10. The zero-order valence-electron chi connectivity index (χ0n) is 59.0. The lowest BCUT2D eigenvalue weighted by Crippen LogP contribution is -2.65. The minimum atomic E-state index is -0.0883. The Kier molecular flexibility index (Phi) is 15.5. The quantitative estimate of drug-likeness (QED) is 0.0895. The first-order valence-electron chi connectivity index (χ1n) is 38.1. The van der Waals surface area contributed by atoms with Crippen molar-refractivity contribution >= 4 is 89.5 Å². The van der Waals surface area contributed by atoms with E-state index in [1.807, 2.05) is 0 Å². The van der Waals surface area contributed by atoms with E-state index in [4.69, 9.17) is 0 Å². The second-order valence-electron chi connectivity index (χ2n) is 31.4. The second kappa shape index (κ2) is 24.7. The van der Waals surface area contributed by atoms with Gasteiger partial charge in [0.1, 0.15) is 0 Å². The molecular weight excluding hydrogens is 1150 g/mol. The lowest BCUT2D eigenvalue weighted by molar-refractivity contribution is 0.391. The summed E-state index contributed by atoms with van der Waals surface area (Å²) in [6.07, 6.45) is 41.8. The molecular formula is C90H99BN4. The highest BCUT2D eigenvalue weighted by Gasteiger charge is 2.50. The third kappa shape index (κ3) is 10.3. The lowest BCUT2D eigenvalue weighted by Gasteiger charge is -2.53. The summed E-state index contributed by atoms with van der Waals surface area (Å²) in [5, 5.41) is 5.24. The Balaban J connectivity index is 0.983. The number of allylic oxidation sites excluding steroid dienone is 8. The van der Waals surface area contributed by atoms with Crippen molar-refractivity contribution in [3.8, 4) is 11.4 Å². The van der Waals surface area contributed by atoms with E-state index in [0.29, 0.717) is 53.4 Å². The predicted molar refractivity (Wildman–Crippen MR) is 409 cm³/mol. The van der Waals surface area contributed by atoms with Crippen LogP contribution in [-0.2, 0) is 0 Å². The zero-order chi connectivity index (χ0) is 65.2. The molecule has 0 fully saturated rings. The van der Waals surface area contributed by atoms with Gasteiger partial charge in [-0.1, -0.05) is 182 Å². The maximum atomic E-state index is 10.7. The molecule has 6 atom stereocenters. The van der Waals surface area contributed by atoms with Crippen LogP contribution >= 0.6 is 0 Å². The molecule has 2 aromatic heterocycles. The molecule has 0 amide bonds. The number of hydrogen-bond donors (Lipinski definition) is 0. The van der Waals surface area contributed by atoms with E-state index in [-0.39, 0.29) is 18.8 Å². The van der Waals surface area contributed by atoms with Gasteiger partial charge < -0.3 is 18.9 Å². The molecule has 6 unspecified atom stereocenters. The van der Waals surface area contributed by atoms with Crippen LogP contribution in [0.5, 0.6) is 0 Å². The summed E-state index contributed by atoms with van der Waals surface area (Å²) in [5.41, 5.74) is 28.9. The van der Waals surface area contributed by atoms with Crippen LogP contribution in [0.3, 0.4) is 0 Å². The molecule has 4 nitrogen and oxygen atoms in total. The van der Waals surface area contributed by atoms with Crippen LogP contribution in [0.2, 0.25) is 0 Å². The van der Waals surface area contributed by atoms with Crippen molar-refractivity contribution in [2.75, 3.05) is 9.80 Å². The Labute approximate surface area is 568 Å². The highest BCUT2D eigenvalue weighted by Crippen LogP contribution is 2.53. The average Bonchev–Trinajstić information content (AvgIpc) is 0.727. The van der Waals surface area contributed by atoms with E-state index in [2.05, 4.69) is 244 Å². The fourth-order valence-corrected chi connectivity index (χ4v) is 19.6. The summed E-state index contributed by atoms with van der Waals surface area (Å²) in [7, 11) is 0. The SMILES string of the molecule is [2H]c1cc2c3c(c1)N(C1C(C4CC=CCC4)=CCCC1C1=CCCCC1)c1cc(-n4c5cc(C(C)C)ccc5c5ccc(C(C)C)cc54)ccc1B3c1ccc(-n3c4cc(C(C)C)ccc4c4ccc(C(C)C)cc43)cc1N2C1C(C2CC=CCC2)=CCCC1C1=CCCCC1. The van der Waals surface area contributed by atoms with Crippen molar-refractivity contribution in [2.45, 2.75) is 207 Å². The maximum absolute atomic E-state index is 10.7. The molecule has 95 heavy (non-hydrogen) atoms. The van der Waals surface area contributed by atoms with Gasteiger partial charge in [-0.2, -0.15) is 0 Å². The normalized spacial score (nSPS) is 23.0. The van der Waals surface area contributed by atoms with Gasteiger partial charge in [0.05, 0.1) is 35.5 Å². The van der Waals surface area contributed by atoms with Gasteiger partial charge in [0.15, 0.2) is 0 Å². The first-order chi connectivity index (χ1) is 46.9. The van der Waals surface area contributed by atoms with Gasteiger partial charge in [0.2, 0.25) is 0 Å². The molecule has 0 saturated carbocycles. The largest absolute Gasteiger partial charge is 0.334 e. The monoisotopic (exact) mass is 1250 g/mol. The van der Waals surface area contributed by atoms with E-state index in [1.165, 1.54) is 181 Å². The smallest absolute Gasteiger partial charge is 0.252 e. The number of nitrogens with zero attached hydrogens (tertiary/aromatic N) is 4. The number of aromatic nitrogens is 2. The number of anilines is 4. The van der Waals surface area contributed by atoms with Crippen LogP contribution in [-0.4, -0.2) is 27.9 Å². The molecule has 2 aliphatic heterocycles. The summed E-state index contributed by atoms with van der Waals surface area (Å²) < 4.78 is 16.0. The number of rotatable bonds is 12. The third-order valence-corrected chi connectivity index (χ3v) is 24.6. The van der Waals surface area contributed by atoms with Crippen molar-refractivity contribution in [2.24, 2.45) is 23.7 Å². The highest BCUT2D eigenvalue weighted by atomic mass is 15.2. The molecule has 4 heterocycles. The summed E-state index contributed by atoms with van der Waals surface area (Å²) in [4.78, 5) is 5.89. The van der Waals surface area contributed by atoms with Crippen LogP contribution in [0.25, 0.3) is 55.0 Å². The molecule has 8 aliphatic rings. The van der Waals surface area contributed by atoms with Gasteiger partial charge in [-0.15, -0.1) is 0 Å². The molecule has 6 aliphatic carbocycles. The van der Waals surface area contributed by atoms with Gasteiger partial charge in [-0.3, -0.25) is 0 Å². The Morgan fingerprint density at radius 1 is 0.389 bits per heavy atom. The van der Waals surface area contributed by atoms with E-state index >= 15 is 0 Å². The fraction of sp³-hybridized carbons (Fsp3) is 0.400. The fourth-order valence-electron chi connectivity index (χ4n) is 19.6. The second-order valence-corrected chi connectivity index (χ2v) is 31.4. The molecule has 9 aromatic rings. The Bertz CT molecular complexity index is 4350. The van der Waals surface area contributed by atoms with E-state index in [1.54, 1.807) is 22.3 Å². The minimum absolute atomic E-state index is 0.0883. The van der Waals surface area contributed by atoms with Crippen LogP contribution in [0.1, 0.15) is 218 Å². The summed E-state index contributed by atoms with van der Waals surface area (Å²) in [6.45, 7) is 18.7. The summed E-state index contributed by atoms with van der Waals surface area (Å²) in [6, 6.07) is 50.3. The maximum Gasteiger partial charge on any atom is 0.252 e. The minimum Gasteiger partial charge on any atom is -0.334 e. The summed E-state index contributed by atoms with van der Waals surface area (Å²) in [5.74, 6) is 3.18. The van der Waals surface area contributed by atoms with Gasteiger partial charge in [0.25, 0.3) is 6.71 Å². The first-order valence-corrected chi connectivity index (χ1v) is 37.6. The standard InChI is InChI=1S/C90H99BN4/c1-56(2)64-38-44-74-75-45-39-65(57(3)4)51-83(75)92(82(74)50-64)68-42-48-78-86(54-68)94(89-70(60-24-13-9-14-25-60)32-21-33-71(89)61-26-15-10-16-27-61)80-36-23-37-81-88(80)91(78)79-49-43-69(93-84-52-66(58(5)6)40-46-76(84)77-47-41-67(59(7)8)53-85(77)93)55-87(79)95(81)90-72(62-28-17-11-18-29-62)34-22-35-73(90)63-30-19-12-20-31-63/h9,11,13,17,23,26,30,32,34,36-60,62,71,73,89-90H,10,12,14-16,18-22,24-25,27-29,31,33,35H2,1-8H3/i23D. The topological polar surface area (TPSA) is 16.3 Å². The van der Waals surface area contributed by atoms with E-state index in [9.17, 15) is 1.37 Å². The molecule has 0 bridgehead atoms. The van der Waals surface area contributed by atoms with Gasteiger partial charge >= 0.3 is 0 Å².